The highest BCUT2D eigenvalue weighted by Gasteiger charge is 2.51. The first-order chi connectivity index (χ1) is 26.1. The Balaban J connectivity index is 1.41. The highest BCUT2D eigenvalue weighted by atomic mass is 16.2. The number of ketones is 2. The summed E-state index contributed by atoms with van der Waals surface area (Å²) in [5, 5.41) is 21.3. The highest BCUT2D eigenvalue weighted by Crippen LogP contribution is 2.41. The minimum Gasteiger partial charge on any atom is -0.353 e. The van der Waals surface area contributed by atoms with Crippen LogP contribution in [0.1, 0.15) is 157 Å². The molecule has 5 rings (SSSR count). The Hall–Kier alpha value is -4.54. The number of aromatic amines is 1. The number of hydrogen-bond acceptors (Lipinski definition) is 8. The number of nitrogens with zero attached hydrogens (tertiary/aromatic N) is 2. The van der Waals surface area contributed by atoms with Gasteiger partial charge in [0.2, 0.25) is 23.5 Å². The normalized spacial score (nSPS) is 23.0. The summed E-state index contributed by atoms with van der Waals surface area (Å²) >= 11 is 0. The Labute approximate surface area is 324 Å². The molecule has 1 saturated heterocycles. The van der Waals surface area contributed by atoms with E-state index in [1.54, 1.807) is 11.8 Å². The van der Waals surface area contributed by atoms with Crippen molar-refractivity contribution in [2.45, 2.75) is 168 Å². The number of carbonyl (C=O) groups is 7. The van der Waals surface area contributed by atoms with Gasteiger partial charge >= 0.3 is 0 Å². The van der Waals surface area contributed by atoms with Crippen LogP contribution in [0.3, 0.4) is 0 Å². The lowest BCUT2D eigenvalue weighted by Gasteiger charge is -2.40. The largest absolute Gasteiger partial charge is 0.353 e. The van der Waals surface area contributed by atoms with Gasteiger partial charge in [0.15, 0.2) is 5.78 Å². The first-order valence-corrected chi connectivity index (χ1v) is 20.3. The molecule has 2 heterocycles. The van der Waals surface area contributed by atoms with Gasteiger partial charge in [-0.05, 0) is 82.5 Å². The van der Waals surface area contributed by atoms with Crippen molar-refractivity contribution < 1.29 is 33.6 Å². The zero-order chi connectivity index (χ0) is 40.2. The molecule has 1 aromatic rings. The van der Waals surface area contributed by atoms with Crippen LogP contribution < -0.4 is 21.3 Å². The molecular formula is C41H59N7O7. The third-order valence-corrected chi connectivity index (χ3v) is 12.0. The standard InChI is InChI=1S/C41H59N7O7/c1-7-13-28(34(50)39(54)44-26-18-19-26)45-36(51)30-20-25-16-11-12-17-29(25)48(30)40(55)35(41(4,5)6)47-37(52)32(24-14-9-8-10-15-24)46-38(53)33-27(21-42)31(23(3)49)22(2)43-33/h24-26,28-30,32,35,43H,7-20H2,1-6H3,(H,44,54)(H,45,51)(H,46,53)(H,47,52)/t25-,28-,29-,30-,32?,35+/m0/s1. The van der Waals surface area contributed by atoms with Gasteiger partial charge in [-0.1, -0.05) is 66.2 Å². The second-order valence-corrected chi connectivity index (χ2v) is 17.3. The van der Waals surface area contributed by atoms with Gasteiger partial charge in [-0.15, -0.1) is 0 Å². The van der Waals surface area contributed by atoms with Crippen molar-refractivity contribution in [3.8, 4) is 6.07 Å². The molecule has 0 bridgehead atoms. The smallest absolute Gasteiger partial charge is 0.289 e. The predicted molar refractivity (Wildman–Crippen MR) is 203 cm³/mol. The summed E-state index contributed by atoms with van der Waals surface area (Å²) in [6, 6.07) is -2.31. The lowest BCUT2D eigenvalue weighted by Crippen LogP contribution is -2.63. The number of rotatable bonds is 14. The molecule has 3 saturated carbocycles. The van der Waals surface area contributed by atoms with Crippen LogP contribution in [0.25, 0.3) is 0 Å². The minimum atomic E-state index is -1.08. The molecule has 300 valence electrons. The van der Waals surface area contributed by atoms with E-state index >= 15 is 0 Å². The molecule has 1 aliphatic heterocycles. The minimum absolute atomic E-state index is 0.0108. The summed E-state index contributed by atoms with van der Waals surface area (Å²) < 4.78 is 0. The van der Waals surface area contributed by atoms with E-state index in [-0.39, 0.29) is 52.9 Å². The second-order valence-electron chi connectivity index (χ2n) is 17.3. The number of nitrogens with one attached hydrogen (secondary N) is 5. The van der Waals surface area contributed by atoms with E-state index in [0.717, 1.165) is 51.4 Å². The summed E-state index contributed by atoms with van der Waals surface area (Å²) in [6.07, 6.45) is 10.4. The fourth-order valence-corrected chi connectivity index (χ4v) is 8.93. The number of hydrogen-bond donors (Lipinski definition) is 5. The van der Waals surface area contributed by atoms with E-state index in [1.807, 2.05) is 33.8 Å². The third-order valence-electron chi connectivity index (χ3n) is 12.0. The average Bonchev–Trinajstić information content (AvgIpc) is 3.77. The number of likely N-dealkylation sites (tertiary alicyclic amines) is 1. The maximum absolute atomic E-state index is 14.9. The molecule has 1 unspecified atom stereocenters. The Kier molecular flexibility index (Phi) is 13.2. The number of H-pyrrole nitrogens is 1. The van der Waals surface area contributed by atoms with E-state index in [1.165, 1.54) is 6.92 Å². The summed E-state index contributed by atoms with van der Waals surface area (Å²) in [4.78, 5) is 100. The molecular weight excluding hydrogens is 702 g/mol. The molecule has 1 aromatic heterocycles. The topological polar surface area (TPSA) is 210 Å². The van der Waals surface area contributed by atoms with Gasteiger partial charge in [0, 0.05) is 17.8 Å². The lowest BCUT2D eigenvalue weighted by atomic mass is 9.81. The fourth-order valence-electron chi connectivity index (χ4n) is 8.93. The van der Waals surface area contributed by atoms with Gasteiger partial charge < -0.3 is 31.2 Å². The molecule has 55 heavy (non-hydrogen) atoms. The molecule has 14 nitrogen and oxygen atoms in total. The number of amides is 5. The summed E-state index contributed by atoms with van der Waals surface area (Å²) in [5.41, 5.74) is -0.490. The van der Waals surface area contributed by atoms with Crippen LogP contribution in [0.15, 0.2) is 0 Å². The number of aryl methyl sites for hydroxylation is 1. The first-order valence-electron chi connectivity index (χ1n) is 20.3. The van der Waals surface area contributed by atoms with E-state index in [2.05, 4.69) is 26.3 Å². The van der Waals surface area contributed by atoms with Crippen molar-refractivity contribution in [2.24, 2.45) is 17.3 Å². The van der Waals surface area contributed by atoms with Crippen molar-refractivity contribution in [1.82, 2.24) is 31.2 Å². The average molecular weight is 762 g/mol. The van der Waals surface area contributed by atoms with E-state index in [9.17, 15) is 38.8 Å². The Morgan fingerprint density at radius 2 is 1.56 bits per heavy atom. The maximum atomic E-state index is 14.9. The molecule has 5 amide bonds. The number of carbonyl (C=O) groups excluding carboxylic acids is 7. The molecule has 0 spiro atoms. The number of nitriles is 1. The molecule has 5 N–H and O–H groups in total. The van der Waals surface area contributed by atoms with Gasteiger partial charge in [0.05, 0.1) is 17.2 Å². The van der Waals surface area contributed by atoms with Crippen LogP contribution in [0.4, 0.5) is 0 Å². The van der Waals surface area contributed by atoms with E-state index < -0.39 is 64.9 Å². The zero-order valence-corrected chi connectivity index (χ0v) is 33.3. The molecule has 4 aliphatic rings. The van der Waals surface area contributed by atoms with Crippen molar-refractivity contribution in [2.75, 3.05) is 0 Å². The number of aromatic nitrogens is 1. The molecule has 0 radical (unpaired) electrons. The van der Waals surface area contributed by atoms with Crippen molar-refractivity contribution in [3.63, 3.8) is 0 Å². The SMILES string of the molecule is CCC[C@H](NC(=O)[C@@H]1C[C@@H]2CCCC[C@@H]2N1C(=O)[C@@H](NC(=O)C(NC(=O)c1[nH]c(C)c(C(C)=O)c1C#N)C1CCCCC1)C(C)(C)C)C(=O)C(=O)NC1CC1. The van der Waals surface area contributed by atoms with E-state index in [0.29, 0.717) is 37.8 Å². The van der Waals surface area contributed by atoms with Crippen LogP contribution in [0.5, 0.6) is 0 Å². The van der Waals surface area contributed by atoms with Crippen molar-refractivity contribution >= 4 is 41.1 Å². The van der Waals surface area contributed by atoms with Gasteiger partial charge in [0.1, 0.15) is 29.9 Å². The monoisotopic (exact) mass is 761 g/mol. The Morgan fingerprint density at radius 1 is 0.909 bits per heavy atom. The third kappa shape index (κ3) is 9.47. The Morgan fingerprint density at radius 3 is 2.16 bits per heavy atom. The first kappa shape index (κ1) is 41.6. The van der Waals surface area contributed by atoms with Crippen LogP contribution >= 0.6 is 0 Å². The molecule has 0 aromatic carbocycles. The lowest BCUT2D eigenvalue weighted by molar-refractivity contribution is -0.147. The van der Waals surface area contributed by atoms with E-state index in [4.69, 9.17) is 0 Å². The van der Waals surface area contributed by atoms with Gasteiger partial charge in [-0.25, -0.2) is 0 Å². The quantitative estimate of drug-likeness (QED) is 0.138. The number of fused-ring (bicyclic) bond motifs is 1. The van der Waals surface area contributed by atoms with Gasteiger partial charge in [-0.2, -0.15) is 5.26 Å². The van der Waals surface area contributed by atoms with Crippen LogP contribution in [0.2, 0.25) is 0 Å². The predicted octanol–water partition coefficient (Wildman–Crippen LogP) is 3.90. The van der Waals surface area contributed by atoms with Crippen LogP contribution in [-0.2, 0) is 24.0 Å². The zero-order valence-electron chi connectivity index (χ0n) is 33.3. The van der Waals surface area contributed by atoms with Crippen molar-refractivity contribution in [3.05, 3.63) is 22.5 Å². The van der Waals surface area contributed by atoms with Crippen molar-refractivity contribution in [1.29, 1.82) is 5.26 Å². The molecule has 14 heteroatoms. The van der Waals surface area contributed by atoms with Gasteiger partial charge in [0.25, 0.3) is 11.8 Å². The molecule has 4 fully saturated rings. The Bertz CT molecular complexity index is 1710. The summed E-state index contributed by atoms with van der Waals surface area (Å²) in [7, 11) is 0. The molecule has 3 aliphatic carbocycles. The summed E-state index contributed by atoms with van der Waals surface area (Å²) in [5.74, 6) is -4.07. The number of Topliss-reactive ketones (excluding diaryl/α,β-unsaturated/α-hetero) is 2. The van der Waals surface area contributed by atoms with Crippen LogP contribution in [0, 0.1) is 35.5 Å². The van der Waals surface area contributed by atoms with Crippen LogP contribution in [-0.4, -0.2) is 87.2 Å². The highest BCUT2D eigenvalue weighted by molar-refractivity contribution is 6.38. The summed E-state index contributed by atoms with van der Waals surface area (Å²) in [6.45, 7) is 10.3. The fraction of sp³-hybridized carbons (Fsp3) is 0.707. The van der Waals surface area contributed by atoms with Gasteiger partial charge in [-0.3, -0.25) is 33.6 Å². The maximum Gasteiger partial charge on any atom is 0.289 e. The second kappa shape index (κ2) is 17.5. The molecule has 6 atom stereocenters.